The summed E-state index contributed by atoms with van der Waals surface area (Å²) in [6.07, 6.45) is 4.73. The van der Waals surface area contributed by atoms with Crippen molar-refractivity contribution in [3.05, 3.63) is 104 Å². The Hall–Kier alpha value is -3.75. The van der Waals surface area contributed by atoms with Crippen LogP contribution in [0.15, 0.2) is 76.7 Å². The maximum absolute atomic E-state index is 13.2. The van der Waals surface area contributed by atoms with Gasteiger partial charge in [-0.05, 0) is 12.1 Å². The van der Waals surface area contributed by atoms with Gasteiger partial charge in [0, 0.05) is 35.8 Å². The fourth-order valence-corrected chi connectivity index (χ4v) is 3.80. The van der Waals surface area contributed by atoms with Crippen LogP contribution in [0, 0.1) is 0 Å². The molecule has 0 radical (unpaired) electrons. The summed E-state index contributed by atoms with van der Waals surface area (Å²) in [5, 5.41) is 14.9. The topological polar surface area (TPSA) is 93.9 Å². The van der Waals surface area contributed by atoms with Crippen LogP contribution in [0.25, 0.3) is 22.4 Å². The van der Waals surface area contributed by atoms with E-state index in [2.05, 4.69) is 10.1 Å². The molecule has 9 heteroatoms. The van der Waals surface area contributed by atoms with Gasteiger partial charge in [-0.2, -0.15) is 5.10 Å². The Morgan fingerprint density at radius 3 is 2.61 bits per heavy atom. The molecule has 0 saturated heterocycles. The highest BCUT2D eigenvalue weighted by Crippen LogP contribution is 2.24. The van der Waals surface area contributed by atoms with Crippen LogP contribution in [0.2, 0.25) is 5.02 Å². The van der Waals surface area contributed by atoms with Crippen LogP contribution in [-0.4, -0.2) is 28.7 Å². The van der Waals surface area contributed by atoms with E-state index in [1.165, 1.54) is 25.7 Å². The minimum Gasteiger partial charge on any atom is -0.392 e. The monoisotopic (exact) mass is 433 g/mol. The SMILES string of the molecule is O=c1c2c(CO)c(-c3ccccc3)nn2ccn1Cc1cc(=O)n2cc(Cl)ccc2n1. The van der Waals surface area contributed by atoms with Gasteiger partial charge in [-0.3, -0.25) is 14.0 Å². The third-order valence-corrected chi connectivity index (χ3v) is 5.30. The highest BCUT2D eigenvalue weighted by Gasteiger charge is 2.18. The van der Waals surface area contributed by atoms with E-state index in [0.717, 1.165) is 5.56 Å². The van der Waals surface area contributed by atoms with E-state index >= 15 is 0 Å². The van der Waals surface area contributed by atoms with Crippen molar-refractivity contribution in [1.29, 1.82) is 0 Å². The normalized spacial score (nSPS) is 11.4. The van der Waals surface area contributed by atoms with Crippen LogP contribution in [0.3, 0.4) is 0 Å². The van der Waals surface area contributed by atoms with Crippen molar-refractivity contribution in [3.63, 3.8) is 0 Å². The molecule has 5 aromatic rings. The van der Waals surface area contributed by atoms with Crippen LogP contribution in [-0.2, 0) is 13.2 Å². The summed E-state index contributed by atoms with van der Waals surface area (Å²) in [5.41, 5.74) is 2.35. The molecule has 31 heavy (non-hydrogen) atoms. The van der Waals surface area contributed by atoms with Crippen molar-refractivity contribution >= 4 is 22.8 Å². The zero-order valence-electron chi connectivity index (χ0n) is 16.1. The van der Waals surface area contributed by atoms with Crippen molar-refractivity contribution in [3.8, 4) is 11.3 Å². The number of rotatable bonds is 4. The third-order valence-electron chi connectivity index (χ3n) is 5.07. The van der Waals surface area contributed by atoms with Crippen molar-refractivity contribution < 1.29 is 5.11 Å². The first-order valence-corrected chi connectivity index (χ1v) is 9.88. The summed E-state index contributed by atoms with van der Waals surface area (Å²) in [6.45, 7) is -0.232. The Kier molecular flexibility index (Phi) is 4.65. The molecule has 0 unspecified atom stereocenters. The second-order valence-corrected chi connectivity index (χ2v) is 7.47. The fraction of sp³-hybridized carbons (Fsp3) is 0.0909. The predicted octanol–water partition coefficient (Wildman–Crippen LogP) is 2.36. The fourth-order valence-electron chi connectivity index (χ4n) is 3.63. The second kappa shape index (κ2) is 7.50. The molecular weight excluding hydrogens is 418 g/mol. The molecule has 0 atom stereocenters. The highest BCUT2D eigenvalue weighted by molar-refractivity contribution is 6.30. The van der Waals surface area contributed by atoms with Gasteiger partial charge >= 0.3 is 0 Å². The predicted molar refractivity (Wildman–Crippen MR) is 116 cm³/mol. The van der Waals surface area contributed by atoms with Crippen LogP contribution in [0.4, 0.5) is 0 Å². The van der Waals surface area contributed by atoms with Crippen molar-refractivity contribution in [1.82, 2.24) is 23.6 Å². The summed E-state index contributed by atoms with van der Waals surface area (Å²) in [5.74, 6) is 0. The van der Waals surface area contributed by atoms with Gasteiger partial charge in [-0.25, -0.2) is 9.50 Å². The van der Waals surface area contributed by atoms with Gasteiger partial charge in [0.15, 0.2) is 0 Å². The summed E-state index contributed by atoms with van der Waals surface area (Å²) >= 11 is 5.95. The molecule has 8 nitrogen and oxygen atoms in total. The van der Waals surface area contributed by atoms with Gasteiger partial charge in [0.05, 0.1) is 29.6 Å². The highest BCUT2D eigenvalue weighted by atomic mass is 35.5. The Morgan fingerprint density at radius 2 is 1.84 bits per heavy atom. The zero-order valence-corrected chi connectivity index (χ0v) is 16.9. The van der Waals surface area contributed by atoms with E-state index < -0.39 is 0 Å². The molecule has 0 amide bonds. The van der Waals surface area contributed by atoms with Crippen molar-refractivity contribution in [2.24, 2.45) is 0 Å². The number of aliphatic hydroxyl groups is 1. The van der Waals surface area contributed by atoms with Gasteiger partial charge < -0.3 is 9.67 Å². The molecule has 0 fully saturated rings. The summed E-state index contributed by atoms with van der Waals surface area (Å²) in [6, 6.07) is 14.0. The molecule has 4 heterocycles. The molecule has 4 aromatic heterocycles. The van der Waals surface area contributed by atoms with Gasteiger partial charge in [-0.1, -0.05) is 41.9 Å². The Bertz CT molecular complexity index is 1550. The maximum atomic E-state index is 13.2. The number of halogens is 1. The van der Waals surface area contributed by atoms with Crippen LogP contribution in [0.5, 0.6) is 0 Å². The Labute approximate surface area is 180 Å². The second-order valence-electron chi connectivity index (χ2n) is 7.04. The lowest BCUT2D eigenvalue weighted by Gasteiger charge is -2.08. The molecule has 5 rings (SSSR count). The molecule has 0 bridgehead atoms. The number of hydrogen-bond acceptors (Lipinski definition) is 5. The molecule has 1 N–H and O–H groups in total. The van der Waals surface area contributed by atoms with Gasteiger partial charge in [0.1, 0.15) is 11.2 Å². The third kappa shape index (κ3) is 3.31. The number of nitrogens with zero attached hydrogens (tertiary/aromatic N) is 5. The Morgan fingerprint density at radius 1 is 1.03 bits per heavy atom. The standard InChI is InChI=1S/C22H16ClN5O3/c23-15-6-7-18-24-16(10-19(30)27(18)11-15)12-26-8-9-28-21(22(26)31)17(13-29)20(25-28)14-4-2-1-3-5-14/h1-11,29H,12-13H2. The molecule has 1 aromatic carbocycles. The Balaban J connectivity index is 1.63. The molecular formula is C22H16ClN5O3. The van der Waals surface area contributed by atoms with E-state index in [9.17, 15) is 14.7 Å². The van der Waals surface area contributed by atoms with Crippen LogP contribution >= 0.6 is 11.6 Å². The van der Waals surface area contributed by atoms with Crippen LogP contribution < -0.4 is 11.1 Å². The molecule has 154 valence electrons. The average Bonchev–Trinajstić information content (AvgIpc) is 3.16. The molecule has 0 aliphatic heterocycles. The van der Waals surface area contributed by atoms with Crippen molar-refractivity contribution in [2.45, 2.75) is 13.2 Å². The van der Waals surface area contributed by atoms with E-state index in [1.54, 1.807) is 24.5 Å². The lowest BCUT2D eigenvalue weighted by Crippen LogP contribution is -2.24. The first-order valence-electron chi connectivity index (χ1n) is 9.50. The summed E-state index contributed by atoms with van der Waals surface area (Å²) < 4.78 is 4.27. The van der Waals surface area contributed by atoms with Crippen molar-refractivity contribution in [2.75, 3.05) is 0 Å². The zero-order chi connectivity index (χ0) is 21.5. The van der Waals surface area contributed by atoms with E-state index in [1.807, 2.05) is 30.3 Å². The number of fused-ring (bicyclic) bond motifs is 2. The molecule has 0 saturated carbocycles. The summed E-state index contributed by atoms with van der Waals surface area (Å²) in [7, 11) is 0. The van der Waals surface area contributed by atoms with E-state index in [4.69, 9.17) is 11.6 Å². The number of aromatic nitrogens is 5. The number of hydrogen-bond donors (Lipinski definition) is 1. The van der Waals surface area contributed by atoms with Gasteiger partial charge in [0.25, 0.3) is 11.1 Å². The molecule has 0 spiro atoms. The van der Waals surface area contributed by atoms with E-state index in [0.29, 0.717) is 27.6 Å². The number of pyridine rings is 1. The van der Waals surface area contributed by atoms with Gasteiger partial charge in [-0.15, -0.1) is 0 Å². The lowest BCUT2D eigenvalue weighted by atomic mass is 10.1. The molecule has 0 aliphatic carbocycles. The minimum atomic E-state index is -0.334. The van der Waals surface area contributed by atoms with E-state index in [-0.39, 0.29) is 29.8 Å². The first kappa shape index (κ1) is 19.2. The van der Waals surface area contributed by atoms with Gasteiger partial charge in [0.2, 0.25) is 0 Å². The average molecular weight is 434 g/mol. The lowest BCUT2D eigenvalue weighted by molar-refractivity contribution is 0.283. The summed E-state index contributed by atoms with van der Waals surface area (Å²) in [4.78, 5) is 30.1. The van der Waals surface area contributed by atoms with Crippen LogP contribution in [0.1, 0.15) is 11.3 Å². The quantitative estimate of drug-likeness (QED) is 0.469. The first-order chi connectivity index (χ1) is 15.0. The number of benzene rings is 1. The number of aliphatic hydroxyl groups excluding tert-OH is 1. The molecule has 0 aliphatic rings. The smallest absolute Gasteiger partial charge is 0.277 e. The largest absolute Gasteiger partial charge is 0.392 e. The maximum Gasteiger partial charge on any atom is 0.277 e. The minimum absolute atomic E-state index is 0.0976.